The predicted molar refractivity (Wildman–Crippen MR) is 68.0 cm³/mol. The molecule has 0 amide bonds. The maximum Gasteiger partial charge on any atom is 0.214 e. The highest BCUT2D eigenvalue weighted by atomic mass is 32.2. The lowest BCUT2D eigenvalue weighted by Crippen LogP contribution is -2.38. The van der Waals surface area contributed by atoms with Crippen molar-refractivity contribution in [2.24, 2.45) is 0 Å². The molecule has 0 atom stereocenters. The molecular weight excluding hydrogens is 222 g/mol. The average molecular weight is 247 g/mol. The standard InChI is InChI=1S/C12H25NO2S/c1-2-3-4-5-6-7-10-13-11-8-9-12-16(13,14)15/h2-12H2,1H3. The summed E-state index contributed by atoms with van der Waals surface area (Å²) in [6, 6.07) is 0. The highest BCUT2D eigenvalue weighted by molar-refractivity contribution is 7.89. The molecule has 0 aromatic rings. The average Bonchev–Trinajstić information content (AvgIpc) is 2.25. The Morgan fingerprint density at radius 3 is 2.38 bits per heavy atom. The smallest absolute Gasteiger partial charge is 0.212 e. The number of rotatable bonds is 7. The second-order valence-corrected chi connectivity index (χ2v) is 6.78. The van der Waals surface area contributed by atoms with E-state index in [0.717, 1.165) is 32.4 Å². The van der Waals surface area contributed by atoms with Crippen LogP contribution in [0, 0.1) is 0 Å². The van der Waals surface area contributed by atoms with E-state index >= 15 is 0 Å². The van der Waals surface area contributed by atoms with Crippen molar-refractivity contribution in [3.63, 3.8) is 0 Å². The molecule has 0 N–H and O–H groups in total. The largest absolute Gasteiger partial charge is 0.214 e. The lowest BCUT2D eigenvalue weighted by molar-refractivity contribution is 0.372. The molecule has 0 aromatic carbocycles. The van der Waals surface area contributed by atoms with Gasteiger partial charge in [-0.05, 0) is 19.3 Å². The van der Waals surface area contributed by atoms with Gasteiger partial charge < -0.3 is 0 Å². The summed E-state index contributed by atoms with van der Waals surface area (Å²) >= 11 is 0. The Hall–Kier alpha value is -0.0900. The minimum absolute atomic E-state index is 0.364. The molecule has 0 aromatic heterocycles. The Morgan fingerprint density at radius 1 is 1.00 bits per heavy atom. The molecule has 0 aliphatic carbocycles. The molecule has 0 spiro atoms. The maximum absolute atomic E-state index is 11.7. The van der Waals surface area contributed by atoms with Crippen LogP contribution in [-0.2, 0) is 10.0 Å². The van der Waals surface area contributed by atoms with Crippen molar-refractivity contribution in [1.82, 2.24) is 4.31 Å². The van der Waals surface area contributed by atoms with Gasteiger partial charge in [0, 0.05) is 13.1 Å². The Morgan fingerprint density at radius 2 is 1.69 bits per heavy atom. The van der Waals surface area contributed by atoms with Crippen molar-refractivity contribution < 1.29 is 8.42 Å². The van der Waals surface area contributed by atoms with Crippen LogP contribution in [-0.4, -0.2) is 31.6 Å². The van der Waals surface area contributed by atoms with E-state index in [1.165, 1.54) is 32.1 Å². The lowest BCUT2D eigenvalue weighted by atomic mass is 10.1. The minimum Gasteiger partial charge on any atom is -0.212 e. The van der Waals surface area contributed by atoms with E-state index in [0.29, 0.717) is 5.75 Å². The van der Waals surface area contributed by atoms with Crippen molar-refractivity contribution >= 4 is 10.0 Å². The number of hydrogen-bond acceptors (Lipinski definition) is 2. The Kier molecular flexibility index (Phi) is 6.36. The van der Waals surface area contributed by atoms with Gasteiger partial charge >= 0.3 is 0 Å². The zero-order chi connectivity index (χ0) is 11.9. The quantitative estimate of drug-likeness (QED) is 0.649. The molecule has 0 radical (unpaired) electrons. The number of hydrogen-bond donors (Lipinski definition) is 0. The summed E-state index contributed by atoms with van der Waals surface area (Å²) in [6.45, 7) is 3.70. The van der Waals surface area contributed by atoms with Crippen LogP contribution in [0.5, 0.6) is 0 Å². The van der Waals surface area contributed by atoms with E-state index < -0.39 is 10.0 Å². The molecule has 1 aliphatic rings. The van der Waals surface area contributed by atoms with Crippen LogP contribution in [0.1, 0.15) is 58.3 Å². The van der Waals surface area contributed by atoms with Crippen molar-refractivity contribution in [1.29, 1.82) is 0 Å². The van der Waals surface area contributed by atoms with Crippen molar-refractivity contribution in [3.05, 3.63) is 0 Å². The van der Waals surface area contributed by atoms with Gasteiger partial charge in [0.05, 0.1) is 5.75 Å². The molecule has 4 heteroatoms. The monoisotopic (exact) mass is 247 g/mol. The van der Waals surface area contributed by atoms with E-state index in [1.807, 2.05) is 0 Å². The molecule has 1 fully saturated rings. The Bertz CT molecular complexity index is 275. The van der Waals surface area contributed by atoms with Gasteiger partial charge in [-0.25, -0.2) is 12.7 Å². The van der Waals surface area contributed by atoms with Gasteiger partial charge in [0.15, 0.2) is 0 Å². The first-order valence-electron chi connectivity index (χ1n) is 6.64. The number of nitrogens with zero attached hydrogens (tertiary/aromatic N) is 1. The summed E-state index contributed by atoms with van der Waals surface area (Å²) in [5.41, 5.74) is 0. The third kappa shape index (κ3) is 4.83. The highest BCUT2D eigenvalue weighted by Gasteiger charge is 2.24. The predicted octanol–water partition coefficient (Wildman–Crippen LogP) is 2.77. The fourth-order valence-electron chi connectivity index (χ4n) is 2.16. The lowest BCUT2D eigenvalue weighted by Gasteiger charge is -2.26. The van der Waals surface area contributed by atoms with E-state index in [1.54, 1.807) is 4.31 Å². The van der Waals surface area contributed by atoms with E-state index in [9.17, 15) is 8.42 Å². The molecule has 16 heavy (non-hydrogen) atoms. The van der Waals surface area contributed by atoms with Crippen LogP contribution in [0.25, 0.3) is 0 Å². The molecule has 0 unspecified atom stereocenters. The van der Waals surface area contributed by atoms with Gasteiger partial charge in [-0.3, -0.25) is 0 Å². The molecule has 0 saturated carbocycles. The second kappa shape index (κ2) is 7.28. The maximum atomic E-state index is 11.7. The van der Waals surface area contributed by atoms with Gasteiger partial charge in [0.2, 0.25) is 10.0 Å². The zero-order valence-corrected chi connectivity index (χ0v) is 11.3. The molecular formula is C12H25NO2S. The van der Waals surface area contributed by atoms with Crippen LogP contribution in [0.4, 0.5) is 0 Å². The molecule has 1 rings (SSSR count). The van der Waals surface area contributed by atoms with Gasteiger partial charge in [0.25, 0.3) is 0 Å². The van der Waals surface area contributed by atoms with Crippen LogP contribution >= 0.6 is 0 Å². The molecule has 1 heterocycles. The Balaban J connectivity index is 2.12. The van der Waals surface area contributed by atoms with Crippen molar-refractivity contribution in [3.8, 4) is 0 Å². The van der Waals surface area contributed by atoms with Gasteiger partial charge in [-0.2, -0.15) is 0 Å². The normalized spacial score (nSPS) is 21.1. The Labute approximate surface area is 100 Å². The molecule has 3 nitrogen and oxygen atoms in total. The minimum atomic E-state index is -2.89. The summed E-state index contributed by atoms with van der Waals surface area (Å²) in [6.07, 6.45) is 9.20. The fourth-order valence-corrected chi connectivity index (χ4v) is 3.80. The third-order valence-electron chi connectivity index (χ3n) is 3.21. The topological polar surface area (TPSA) is 37.4 Å². The highest BCUT2D eigenvalue weighted by Crippen LogP contribution is 2.15. The SMILES string of the molecule is CCCCCCCCN1CCCCS1(=O)=O. The van der Waals surface area contributed by atoms with E-state index in [4.69, 9.17) is 0 Å². The first kappa shape index (κ1) is 14.0. The van der Waals surface area contributed by atoms with Crippen molar-refractivity contribution in [2.75, 3.05) is 18.8 Å². The fraction of sp³-hybridized carbons (Fsp3) is 1.00. The number of sulfonamides is 1. The van der Waals surface area contributed by atoms with Crippen LogP contribution in [0.15, 0.2) is 0 Å². The molecule has 0 bridgehead atoms. The molecule has 1 saturated heterocycles. The first-order valence-corrected chi connectivity index (χ1v) is 8.25. The molecule has 96 valence electrons. The first-order chi connectivity index (χ1) is 7.67. The van der Waals surface area contributed by atoms with E-state index in [2.05, 4.69) is 6.92 Å². The van der Waals surface area contributed by atoms with Gasteiger partial charge in [-0.1, -0.05) is 39.0 Å². The van der Waals surface area contributed by atoms with Crippen LogP contribution in [0.2, 0.25) is 0 Å². The van der Waals surface area contributed by atoms with Gasteiger partial charge in [-0.15, -0.1) is 0 Å². The van der Waals surface area contributed by atoms with Crippen LogP contribution < -0.4 is 0 Å². The summed E-state index contributed by atoms with van der Waals surface area (Å²) in [5, 5.41) is 0. The van der Waals surface area contributed by atoms with Gasteiger partial charge in [0.1, 0.15) is 0 Å². The zero-order valence-electron chi connectivity index (χ0n) is 10.5. The summed E-state index contributed by atoms with van der Waals surface area (Å²) < 4.78 is 25.0. The summed E-state index contributed by atoms with van der Waals surface area (Å²) in [4.78, 5) is 0. The van der Waals surface area contributed by atoms with Crippen LogP contribution in [0.3, 0.4) is 0 Å². The second-order valence-electron chi connectivity index (χ2n) is 4.69. The third-order valence-corrected chi connectivity index (χ3v) is 5.17. The molecule has 1 aliphatic heterocycles. The van der Waals surface area contributed by atoms with Crippen molar-refractivity contribution in [2.45, 2.75) is 58.3 Å². The summed E-state index contributed by atoms with van der Waals surface area (Å²) in [7, 11) is -2.89. The number of unbranched alkanes of at least 4 members (excludes halogenated alkanes) is 5. The van der Waals surface area contributed by atoms with E-state index in [-0.39, 0.29) is 0 Å². The summed E-state index contributed by atoms with van der Waals surface area (Å²) in [5.74, 6) is 0.364.